The molecule has 0 saturated carbocycles. The first-order valence-corrected chi connectivity index (χ1v) is 53.3. The zero-order valence-corrected chi connectivity index (χ0v) is 83.7. The Kier molecular flexibility index (Phi) is 34.0. The second-order valence-electron chi connectivity index (χ2n) is 30.5. The van der Waals surface area contributed by atoms with Crippen molar-refractivity contribution in [1.82, 2.24) is 40.9 Å². The number of hydrogen-bond acceptors (Lipinski definition) is 21. The fraction of sp³-hybridized carbons (Fsp3) is 0.455. The van der Waals surface area contributed by atoms with Crippen molar-refractivity contribution >= 4 is 267 Å². The van der Waals surface area contributed by atoms with Crippen LogP contribution in [-0.4, -0.2) is 96.0 Å². The molecule has 118 heavy (non-hydrogen) atoms. The van der Waals surface area contributed by atoms with E-state index in [0.29, 0.717) is 92.0 Å². The molecule has 15 nitrogen and oxygen atoms in total. The number of unbranched alkanes of at least 4 members (excludes halogenated alkanes) is 22. The van der Waals surface area contributed by atoms with Crippen LogP contribution in [0.15, 0.2) is 95.5 Å². The maximum atomic E-state index is 14.5. The maximum Gasteiger partial charge on any atom is 0.262 e. The van der Waals surface area contributed by atoms with Gasteiger partial charge in [0.15, 0.2) is 0 Å². The molecule has 3 aromatic carbocycles. The number of rotatable bonds is 41. The highest BCUT2D eigenvalue weighted by molar-refractivity contribution is 9.12. The number of halogens is 6. The standard InChI is InChI=1S/C36H45Br2N3O2S3.C28H29Br2N3O2S3.C24H21Br2N3O2S3/c1-3-5-7-9-11-12-14-16-18-24(17-15-13-10-8-6-4-2)23-41-35(42)31-29(25-19-21-27(37)44-25)33-34(40-46-39-33)30(32(31)36(41)43)26-20-22-28(38)45-26;1-2-3-4-5-6-7-8-9-10-11-16-33-27(34)23-21(17-12-14-19(29)36-17)25-26(32-38-31-25)22(24(23)28(33)35)18-13-15-20(30)37-18;1-3-5-6-12(4-2)11-29-23(30)19-17(13-7-9-15(25)32-13)21-22(28-34-27-21)18(20(19)24(29)31)14-8-10-16(26)33-14/h19-22,24H,3-18,23H2,1-2H3;12-15H,2-11,16H2,1H3;7-10,12H,3-6,11H2,1-2H3. The number of carbonyl (C=O) groups excluding carboxylic acids is 6. The topological polar surface area (TPSA) is 189 Å². The van der Waals surface area contributed by atoms with Gasteiger partial charge in [-0.1, -0.05) is 202 Å². The number of hydrogen-bond donors (Lipinski definition) is 0. The summed E-state index contributed by atoms with van der Waals surface area (Å²) in [5, 5.41) is 0. The van der Waals surface area contributed by atoms with Gasteiger partial charge in [0.2, 0.25) is 0 Å². The summed E-state index contributed by atoms with van der Waals surface area (Å²) in [5.74, 6) is -0.645. The van der Waals surface area contributed by atoms with Crippen molar-refractivity contribution in [2.75, 3.05) is 19.6 Å². The number of imide groups is 3. The summed E-state index contributed by atoms with van der Waals surface area (Å²) in [6.45, 7) is 12.4. The van der Waals surface area contributed by atoms with Crippen LogP contribution >= 0.6 is 199 Å². The van der Waals surface area contributed by atoms with Crippen LogP contribution in [0.25, 0.3) is 95.7 Å². The van der Waals surface area contributed by atoms with E-state index in [-0.39, 0.29) is 41.4 Å². The summed E-state index contributed by atoms with van der Waals surface area (Å²) >= 11 is 34.0. The Balaban J connectivity index is 0.000000155. The van der Waals surface area contributed by atoms with Crippen LogP contribution in [0, 0.1) is 11.8 Å². The Morgan fingerprint density at radius 1 is 0.254 bits per heavy atom. The largest absolute Gasteiger partial charge is 0.274 e. The van der Waals surface area contributed by atoms with Crippen LogP contribution < -0.4 is 0 Å². The summed E-state index contributed by atoms with van der Waals surface area (Å²) in [5.41, 5.74) is 11.3. The van der Waals surface area contributed by atoms with E-state index >= 15 is 0 Å². The number of carbonyl (C=O) groups is 6. The highest BCUT2D eigenvalue weighted by atomic mass is 79.9. The SMILES string of the molecule is CCCCC(CC)CN1C(=O)c2c(c(-c3ccc(Br)s3)c3nsnc3c2-c2ccc(Br)s2)C1=O.CCCCCCCCCCC(CCCCCCCC)CN1C(=O)c2c(c(-c3ccc(Br)s3)c3nsnc3c2-c2ccc(Br)s2)C1=O.CCCCCCCCCCCCN1C(=O)c2c(c(-c3ccc(Br)s3)c3nsnc3c2-c2ccc(Br)s2)C1=O. The van der Waals surface area contributed by atoms with Crippen LogP contribution in [0.2, 0.25) is 0 Å². The number of nitrogens with zero attached hydrogens (tertiary/aromatic N) is 9. The quantitative estimate of drug-likeness (QED) is 0.0261. The zero-order chi connectivity index (χ0) is 83.1. The normalized spacial score (nSPS) is 13.8. The molecule has 15 rings (SSSR count). The summed E-state index contributed by atoms with van der Waals surface area (Å²) in [6, 6.07) is 23.7. The first-order chi connectivity index (χ1) is 57.4. The number of amides is 6. The van der Waals surface area contributed by atoms with E-state index in [0.717, 1.165) is 191 Å². The molecule has 9 aromatic heterocycles. The number of benzene rings is 3. The fourth-order valence-electron chi connectivity index (χ4n) is 16.3. The van der Waals surface area contributed by atoms with Gasteiger partial charge in [-0.3, -0.25) is 43.5 Å². The lowest BCUT2D eigenvalue weighted by atomic mass is 9.93. The molecular weight excluding hydrogens is 2050 g/mol. The molecule has 0 fully saturated rings. The summed E-state index contributed by atoms with van der Waals surface area (Å²) in [4.78, 5) is 94.6. The molecule has 2 unspecified atom stereocenters. The van der Waals surface area contributed by atoms with Crippen molar-refractivity contribution in [2.24, 2.45) is 11.8 Å². The molecule has 3 aliphatic heterocycles. The van der Waals surface area contributed by atoms with Gasteiger partial charge in [-0.25, -0.2) is 0 Å². The minimum absolute atomic E-state index is 0.185. The fourth-order valence-corrected chi connectivity index (χ4v) is 26.7. The van der Waals surface area contributed by atoms with Crippen molar-refractivity contribution < 1.29 is 28.8 Å². The Hall–Kier alpha value is -4.38. The van der Waals surface area contributed by atoms with E-state index in [4.69, 9.17) is 8.75 Å². The van der Waals surface area contributed by atoms with Gasteiger partial charge in [0, 0.05) is 82.3 Å². The van der Waals surface area contributed by atoms with Crippen molar-refractivity contribution in [2.45, 2.75) is 227 Å². The lowest BCUT2D eigenvalue weighted by Gasteiger charge is -2.23. The van der Waals surface area contributed by atoms with Crippen LogP contribution in [0.3, 0.4) is 0 Å². The molecule has 0 radical (unpaired) electrons. The third-order valence-electron chi connectivity index (χ3n) is 22.4. The molecule has 0 saturated heterocycles. The lowest BCUT2D eigenvalue weighted by Crippen LogP contribution is -2.34. The van der Waals surface area contributed by atoms with Gasteiger partial charge in [-0.2, -0.15) is 26.2 Å². The van der Waals surface area contributed by atoms with Gasteiger partial charge in [0.05, 0.1) is 91.3 Å². The molecular formula is C88H95Br6N9O6S9. The van der Waals surface area contributed by atoms with Crippen LogP contribution in [0.5, 0.6) is 0 Å². The van der Waals surface area contributed by atoms with Gasteiger partial charge in [0.25, 0.3) is 35.4 Å². The molecule has 0 N–H and O–H groups in total. The van der Waals surface area contributed by atoms with E-state index < -0.39 is 0 Å². The van der Waals surface area contributed by atoms with E-state index in [2.05, 4.69) is 148 Å². The first-order valence-electron chi connectivity index (χ1n) is 41.5. The predicted molar refractivity (Wildman–Crippen MR) is 518 cm³/mol. The van der Waals surface area contributed by atoms with Crippen molar-refractivity contribution in [3.63, 3.8) is 0 Å². The molecule has 6 amide bonds. The Labute approximate surface area is 778 Å². The van der Waals surface area contributed by atoms with Crippen LogP contribution in [0.4, 0.5) is 0 Å². The van der Waals surface area contributed by atoms with Gasteiger partial charge < -0.3 is 0 Å². The third kappa shape index (κ3) is 20.9. The zero-order valence-electron chi connectivity index (χ0n) is 66.8. The minimum atomic E-state index is -0.221. The average Bonchev–Trinajstić information content (AvgIpc) is 1.56. The lowest BCUT2D eigenvalue weighted by molar-refractivity contribution is 0.0608. The Bertz CT molecular complexity index is 5250. The van der Waals surface area contributed by atoms with Gasteiger partial charge in [-0.05, 0) is 206 Å². The van der Waals surface area contributed by atoms with Crippen molar-refractivity contribution in [3.8, 4) is 62.6 Å². The molecule has 0 aliphatic carbocycles. The monoisotopic (exact) mass is 2130 g/mol. The molecule has 0 bridgehead atoms. The van der Waals surface area contributed by atoms with Gasteiger partial charge in [-0.15, -0.1) is 68.0 Å². The molecule has 30 heteroatoms. The molecule has 0 spiro atoms. The second-order valence-corrected chi connectivity index (χ2v) is 46.9. The maximum absolute atomic E-state index is 14.5. The van der Waals surface area contributed by atoms with Gasteiger partial charge in [0.1, 0.15) is 33.1 Å². The first kappa shape index (κ1) is 91.3. The molecule has 12 heterocycles. The highest BCUT2D eigenvalue weighted by Crippen LogP contribution is 2.53. The number of thiophene rings is 6. The summed E-state index contributed by atoms with van der Waals surface area (Å²) in [7, 11) is 0. The second kappa shape index (κ2) is 44.0. The van der Waals surface area contributed by atoms with Crippen LogP contribution in [0.1, 0.15) is 289 Å². The highest BCUT2D eigenvalue weighted by Gasteiger charge is 2.47. The van der Waals surface area contributed by atoms with Crippen molar-refractivity contribution in [1.29, 1.82) is 0 Å². The average molecular weight is 2140 g/mol. The predicted octanol–water partition coefficient (Wildman–Crippen LogP) is 31.8. The van der Waals surface area contributed by atoms with E-state index in [9.17, 15) is 28.8 Å². The van der Waals surface area contributed by atoms with Crippen LogP contribution in [-0.2, 0) is 0 Å². The Morgan fingerprint density at radius 3 is 0.695 bits per heavy atom. The van der Waals surface area contributed by atoms with E-state index in [1.54, 1.807) is 27.6 Å². The molecule has 624 valence electrons. The van der Waals surface area contributed by atoms with E-state index in [1.807, 2.05) is 72.8 Å². The number of aromatic nitrogens is 6. The third-order valence-corrected chi connectivity index (χ3v) is 33.8. The number of fused-ring (bicyclic) bond motifs is 6. The van der Waals surface area contributed by atoms with Crippen molar-refractivity contribution in [3.05, 3.63) is 129 Å². The minimum Gasteiger partial charge on any atom is -0.274 e. The molecule has 3 aliphatic rings. The van der Waals surface area contributed by atoms with E-state index in [1.165, 1.54) is 177 Å². The summed E-state index contributed by atoms with van der Waals surface area (Å²) < 4.78 is 33.6. The summed E-state index contributed by atoms with van der Waals surface area (Å²) in [6.07, 6.45) is 36.0. The smallest absolute Gasteiger partial charge is 0.262 e. The molecule has 2 atom stereocenters. The Morgan fingerprint density at radius 2 is 0.466 bits per heavy atom. The molecule has 12 aromatic rings. The van der Waals surface area contributed by atoms with Gasteiger partial charge >= 0.3 is 0 Å².